The van der Waals surface area contributed by atoms with Crippen LogP contribution in [0.25, 0.3) is 22.3 Å². The van der Waals surface area contributed by atoms with E-state index in [1.54, 1.807) is 30.5 Å². The predicted molar refractivity (Wildman–Crippen MR) is 115 cm³/mol. The molecule has 0 amide bonds. The van der Waals surface area contributed by atoms with E-state index in [1.807, 2.05) is 30.3 Å². The first-order chi connectivity index (χ1) is 14.5. The summed E-state index contributed by atoms with van der Waals surface area (Å²) in [6.07, 6.45) is 1.59. The topological polar surface area (TPSA) is 72.2 Å². The molecule has 0 spiro atoms. The van der Waals surface area contributed by atoms with Gasteiger partial charge in [-0.2, -0.15) is 5.10 Å². The molecule has 0 aliphatic heterocycles. The Labute approximate surface area is 204 Å². The number of halogens is 1. The smallest absolute Gasteiger partial charge is 1.00 e. The van der Waals surface area contributed by atoms with E-state index in [2.05, 4.69) is 5.10 Å². The van der Waals surface area contributed by atoms with E-state index in [1.165, 1.54) is 28.9 Å². The molecular weight excluding hydrogens is 426 g/mol. The molecule has 0 fully saturated rings. The van der Waals surface area contributed by atoms with Crippen LogP contribution >= 0.6 is 0 Å². The van der Waals surface area contributed by atoms with Gasteiger partial charge < -0.3 is 5.98 Å². The van der Waals surface area contributed by atoms with Crippen LogP contribution in [0.15, 0.2) is 94.7 Å². The minimum Gasteiger partial charge on any atom is -1.00 e. The van der Waals surface area contributed by atoms with E-state index >= 15 is 0 Å². The molecule has 0 saturated carbocycles. The number of benzene rings is 3. The molecule has 4 rings (SSSR count). The Morgan fingerprint density at radius 1 is 0.935 bits per heavy atom. The maximum atomic E-state index is 13.5. The average Bonchev–Trinajstić information content (AvgIpc) is 2.76. The summed E-state index contributed by atoms with van der Waals surface area (Å²) in [7, 11) is 0. The van der Waals surface area contributed by atoms with Gasteiger partial charge in [-0.1, -0.05) is 54.6 Å². The van der Waals surface area contributed by atoms with Crippen molar-refractivity contribution >= 4 is 11.1 Å². The van der Waals surface area contributed by atoms with Gasteiger partial charge in [-0.05, 0) is 41.0 Å². The SMILES string of the molecule is O=c1c(-c2ccc(F)cc2)c(-c2ccc(S(=O)O)cc2)cnn1Cc1ccccc1.[H-].[Na+]. The van der Waals surface area contributed by atoms with Gasteiger partial charge in [0.2, 0.25) is 0 Å². The molecule has 1 heterocycles. The third-order valence-corrected chi connectivity index (χ3v) is 5.39. The van der Waals surface area contributed by atoms with Gasteiger partial charge in [-0.3, -0.25) is 4.79 Å². The average molecular weight is 444 g/mol. The standard InChI is InChI=1S/C23H17FN2O3S.Na.H/c24-19-10-6-18(7-11-19)22-21(17-8-12-20(13-9-17)30(28)29)14-25-26(23(22)27)15-16-4-2-1-3-5-16;;/h1-14H,15H2,(H,28,29);;/q;+1;-1. The summed E-state index contributed by atoms with van der Waals surface area (Å²) in [6, 6.07) is 21.6. The fourth-order valence-electron chi connectivity index (χ4n) is 3.22. The quantitative estimate of drug-likeness (QED) is 0.374. The largest absolute Gasteiger partial charge is 1.00 e. The predicted octanol–water partition coefficient (Wildman–Crippen LogP) is 1.46. The molecule has 152 valence electrons. The summed E-state index contributed by atoms with van der Waals surface area (Å²) in [5.41, 5.74) is 2.80. The summed E-state index contributed by atoms with van der Waals surface area (Å²) in [4.78, 5) is 13.6. The van der Waals surface area contributed by atoms with Crippen molar-refractivity contribution in [2.45, 2.75) is 11.4 Å². The second-order valence-electron chi connectivity index (χ2n) is 6.66. The van der Waals surface area contributed by atoms with Crippen molar-refractivity contribution in [3.63, 3.8) is 0 Å². The van der Waals surface area contributed by atoms with E-state index in [-0.39, 0.29) is 41.4 Å². The monoisotopic (exact) mass is 444 g/mol. The third-order valence-electron chi connectivity index (χ3n) is 4.72. The number of hydrogen-bond acceptors (Lipinski definition) is 3. The van der Waals surface area contributed by atoms with Crippen molar-refractivity contribution < 1.29 is 44.1 Å². The normalized spacial score (nSPS) is 11.5. The minimum atomic E-state index is -2.09. The number of nitrogens with zero attached hydrogens (tertiary/aromatic N) is 2. The first-order valence-corrected chi connectivity index (χ1v) is 10.2. The molecule has 1 unspecified atom stereocenters. The zero-order valence-corrected chi connectivity index (χ0v) is 19.6. The Balaban J connectivity index is 0.00000181. The van der Waals surface area contributed by atoms with Crippen LogP contribution in [-0.4, -0.2) is 18.5 Å². The molecule has 0 radical (unpaired) electrons. The molecule has 3 aromatic carbocycles. The van der Waals surface area contributed by atoms with Gasteiger partial charge in [-0.25, -0.2) is 13.3 Å². The zero-order valence-electron chi connectivity index (χ0n) is 17.7. The van der Waals surface area contributed by atoms with Crippen LogP contribution in [0, 0.1) is 5.82 Å². The Morgan fingerprint density at radius 2 is 1.55 bits per heavy atom. The molecule has 4 aromatic rings. The molecule has 8 heteroatoms. The van der Waals surface area contributed by atoms with Gasteiger partial charge in [0.25, 0.3) is 5.56 Å². The minimum absolute atomic E-state index is 0. The Morgan fingerprint density at radius 3 is 2.16 bits per heavy atom. The second-order valence-corrected chi connectivity index (χ2v) is 7.63. The van der Waals surface area contributed by atoms with Gasteiger partial charge in [0, 0.05) is 5.56 Å². The first kappa shape index (κ1) is 23.2. The van der Waals surface area contributed by atoms with Gasteiger partial charge in [0.1, 0.15) is 5.82 Å². The van der Waals surface area contributed by atoms with Gasteiger partial charge in [-0.15, -0.1) is 0 Å². The molecule has 0 bridgehead atoms. The van der Waals surface area contributed by atoms with Crippen LogP contribution in [0.2, 0.25) is 0 Å². The fraction of sp³-hybridized carbons (Fsp3) is 0.0435. The van der Waals surface area contributed by atoms with Crippen LogP contribution < -0.4 is 35.1 Å². The van der Waals surface area contributed by atoms with Crippen molar-refractivity contribution in [3.05, 3.63) is 107 Å². The van der Waals surface area contributed by atoms with Gasteiger partial charge in [0.05, 0.1) is 23.2 Å². The van der Waals surface area contributed by atoms with Crippen molar-refractivity contribution in [1.82, 2.24) is 9.78 Å². The van der Waals surface area contributed by atoms with Gasteiger partial charge >= 0.3 is 29.6 Å². The van der Waals surface area contributed by atoms with Crippen LogP contribution in [-0.2, 0) is 17.6 Å². The zero-order chi connectivity index (χ0) is 21.1. The number of aromatic nitrogens is 2. The van der Waals surface area contributed by atoms with E-state index in [4.69, 9.17) is 0 Å². The van der Waals surface area contributed by atoms with Crippen molar-refractivity contribution in [3.8, 4) is 22.3 Å². The van der Waals surface area contributed by atoms with Crippen LogP contribution in [0.5, 0.6) is 0 Å². The van der Waals surface area contributed by atoms with E-state index in [0.29, 0.717) is 28.8 Å². The first-order valence-electron chi connectivity index (χ1n) is 9.14. The summed E-state index contributed by atoms with van der Waals surface area (Å²) >= 11 is -2.09. The maximum absolute atomic E-state index is 13.5. The molecule has 1 atom stereocenters. The van der Waals surface area contributed by atoms with Crippen LogP contribution in [0.1, 0.15) is 6.99 Å². The molecule has 0 aliphatic carbocycles. The summed E-state index contributed by atoms with van der Waals surface area (Å²) in [5.74, 6) is -0.395. The van der Waals surface area contributed by atoms with E-state index in [9.17, 15) is 17.9 Å². The second kappa shape index (κ2) is 10.3. The van der Waals surface area contributed by atoms with Crippen LogP contribution in [0.3, 0.4) is 0 Å². The molecule has 0 aliphatic rings. The fourth-order valence-corrected chi connectivity index (χ4v) is 3.59. The molecule has 5 nitrogen and oxygen atoms in total. The third kappa shape index (κ3) is 5.26. The maximum Gasteiger partial charge on any atom is 1.00 e. The number of hydrogen-bond donors (Lipinski definition) is 1. The molecule has 1 N–H and O–H groups in total. The molecule has 1 aromatic heterocycles. The van der Waals surface area contributed by atoms with Crippen molar-refractivity contribution in [2.75, 3.05) is 0 Å². The van der Waals surface area contributed by atoms with E-state index in [0.717, 1.165) is 5.56 Å². The number of rotatable bonds is 5. The summed E-state index contributed by atoms with van der Waals surface area (Å²) in [5, 5.41) is 4.33. The molecule has 0 saturated heterocycles. The Kier molecular flexibility index (Phi) is 7.69. The molecule has 31 heavy (non-hydrogen) atoms. The van der Waals surface area contributed by atoms with Gasteiger partial charge in [0.15, 0.2) is 11.1 Å². The van der Waals surface area contributed by atoms with Crippen molar-refractivity contribution in [1.29, 1.82) is 0 Å². The summed E-state index contributed by atoms with van der Waals surface area (Å²) in [6.45, 7) is 0.302. The Hall–Kier alpha value is -2.42. The van der Waals surface area contributed by atoms with E-state index < -0.39 is 16.9 Å². The molecular formula is C23H18FN2NaO3S. The summed E-state index contributed by atoms with van der Waals surface area (Å²) < 4.78 is 35.3. The Bertz CT molecular complexity index is 1270. The van der Waals surface area contributed by atoms with Crippen molar-refractivity contribution in [2.24, 2.45) is 0 Å². The van der Waals surface area contributed by atoms with Crippen LogP contribution in [0.4, 0.5) is 4.39 Å².